The molecule has 0 bridgehead atoms. The van der Waals surface area contributed by atoms with Crippen molar-refractivity contribution in [3.63, 3.8) is 0 Å². The van der Waals surface area contributed by atoms with Gasteiger partial charge < -0.3 is 14.5 Å². The minimum absolute atomic E-state index is 0.254. The van der Waals surface area contributed by atoms with Crippen LogP contribution < -0.4 is 9.64 Å². The third kappa shape index (κ3) is 4.34. The molecule has 0 radical (unpaired) electrons. The Balaban J connectivity index is 1.39. The highest BCUT2D eigenvalue weighted by atomic mass is 19.4. The molecule has 0 atom stereocenters. The van der Waals surface area contributed by atoms with Crippen LogP contribution in [-0.2, 0) is 0 Å². The van der Waals surface area contributed by atoms with Crippen LogP contribution in [0.15, 0.2) is 54.6 Å². The van der Waals surface area contributed by atoms with E-state index in [0.717, 1.165) is 17.8 Å². The number of piperazine rings is 1. The summed E-state index contributed by atoms with van der Waals surface area (Å²) in [6, 6.07) is 14.4. The number of carbonyl (C=O) groups is 1. The van der Waals surface area contributed by atoms with Gasteiger partial charge in [-0.05, 0) is 46.8 Å². The molecule has 30 heavy (non-hydrogen) atoms. The van der Waals surface area contributed by atoms with Crippen LogP contribution in [0.25, 0.3) is 5.69 Å². The lowest BCUT2D eigenvalue weighted by Crippen LogP contribution is -2.49. The van der Waals surface area contributed by atoms with Crippen LogP contribution in [0, 0.1) is 0 Å². The predicted molar refractivity (Wildman–Crippen MR) is 100 cm³/mol. The Kier molecular flexibility index (Phi) is 5.25. The van der Waals surface area contributed by atoms with Crippen molar-refractivity contribution in [1.29, 1.82) is 0 Å². The van der Waals surface area contributed by atoms with Crippen molar-refractivity contribution in [2.75, 3.05) is 31.1 Å². The second-order valence-corrected chi connectivity index (χ2v) is 6.58. The first-order valence-electron chi connectivity index (χ1n) is 9.14. The molecule has 1 aliphatic heterocycles. The maximum atomic E-state index is 12.7. The Morgan fingerprint density at radius 2 is 1.60 bits per heavy atom. The molecule has 0 unspecified atom stereocenters. The van der Waals surface area contributed by atoms with Gasteiger partial charge in [0.15, 0.2) is 0 Å². The number of carbonyl (C=O) groups excluding carboxylic acids is 1. The highest BCUT2D eigenvalue weighted by Gasteiger charge is 2.31. The molecule has 1 saturated heterocycles. The number of benzene rings is 2. The molecular formula is C19H17F3N6O2. The Labute approximate surface area is 169 Å². The van der Waals surface area contributed by atoms with E-state index in [9.17, 15) is 18.0 Å². The fraction of sp³-hybridized carbons (Fsp3) is 0.263. The molecule has 1 aromatic heterocycles. The number of hydrogen-bond acceptors (Lipinski definition) is 6. The Morgan fingerprint density at radius 3 is 2.23 bits per heavy atom. The summed E-state index contributed by atoms with van der Waals surface area (Å²) >= 11 is 0. The monoisotopic (exact) mass is 418 g/mol. The van der Waals surface area contributed by atoms with Crippen molar-refractivity contribution in [3.05, 3.63) is 60.2 Å². The zero-order chi connectivity index (χ0) is 21.1. The van der Waals surface area contributed by atoms with Gasteiger partial charge in [0, 0.05) is 31.7 Å². The van der Waals surface area contributed by atoms with E-state index < -0.39 is 6.36 Å². The molecule has 1 fully saturated rings. The van der Waals surface area contributed by atoms with Crippen molar-refractivity contribution < 1.29 is 22.7 Å². The second-order valence-electron chi connectivity index (χ2n) is 6.58. The molecule has 4 rings (SSSR count). The van der Waals surface area contributed by atoms with Gasteiger partial charge in [0.25, 0.3) is 5.91 Å². The van der Waals surface area contributed by atoms with Crippen LogP contribution in [0.3, 0.4) is 0 Å². The molecule has 156 valence electrons. The van der Waals surface area contributed by atoms with E-state index in [4.69, 9.17) is 0 Å². The summed E-state index contributed by atoms with van der Waals surface area (Å²) < 4.78 is 42.3. The maximum Gasteiger partial charge on any atom is 0.573 e. The summed E-state index contributed by atoms with van der Waals surface area (Å²) in [5.41, 5.74) is 1.13. The number of tetrazole rings is 1. The normalized spacial score (nSPS) is 14.6. The molecule has 1 aliphatic rings. The van der Waals surface area contributed by atoms with Crippen molar-refractivity contribution in [1.82, 2.24) is 25.1 Å². The van der Waals surface area contributed by atoms with Gasteiger partial charge in [-0.1, -0.05) is 23.3 Å². The van der Waals surface area contributed by atoms with Gasteiger partial charge in [0.1, 0.15) is 5.75 Å². The van der Waals surface area contributed by atoms with Crippen molar-refractivity contribution in [3.8, 4) is 11.4 Å². The Bertz CT molecular complexity index is 999. The van der Waals surface area contributed by atoms with E-state index in [0.29, 0.717) is 37.7 Å². The number of halogens is 3. The summed E-state index contributed by atoms with van der Waals surface area (Å²) in [5, 5.41) is 11.9. The zero-order valence-electron chi connectivity index (χ0n) is 15.7. The number of alkyl halides is 3. The van der Waals surface area contributed by atoms with E-state index >= 15 is 0 Å². The first kappa shape index (κ1) is 19.7. The predicted octanol–water partition coefficient (Wildman–Crippen LogP) is 2.52. The number of hydrogen-bond donors (Lipinski definition) is 0. The third-order valence-electron chi connectivity index (χ3n) is 4.64. The van der Waals surface area contributed by atoms with Crippen LogP contribution in [0.5, 0.6) is 5.75 Å². The molecule has 0 N–H and O–H groups in total. The minimum Gasteiger partial charge on any atom is -0.406 e. The highest BCUT2D eigenvalue weighted by Crippen LogP contribution is 2.23. The van der Waals surface area contributed by atoms with Crippen molar-refractivity contribution in [2.45, 2.75) is 6.36 Å². The first-order chi connectivity index (χ1) is 14.4. The van der Waals surface area contributed by atoms with Gasteiger partial charge in [-0.3, -0.25) is 4.79 Å². The minimum atomic E-state index is -4.77. The van der Waals surface area contributed by atoms with Crippen LogP contribution in [0.2, 0.25) is 0 Å². The number of rotatable bonds is 4. The fourth-order valence-electron chi connectivity index (χ4n) is 3.21. The summed E-state index contributed by atoms with van der Waals surface area (Å²) in [7, 11) is 0. The summed E-state index contributed by atoms with van der Waals surface area (Å²) in [5.74, 6) is -0.0329. The number of anilines is 1. The number of nitrogens with zero attached hydrogens (tertiary/aromatic N) is 6. The van der Waals surface area contributed by atoms with Gasteiger partial charge in [-0.15, -0.1) is 13.2 Å². The van der Waals surface area contributed by atoms with Crippen LogP contribution in [0.4, 0.5) is 19.1 Å². The second kappa shape index (κ2) is 8.01. The summed E-state index contributed by atoms with van der Waals surface area (Å²) in [4.78, 5) is 16.3. The van der Waals surface area contributed by atoms with Crippen LogP contribution in [-0.4, -0.2) is 63.6 Å². The average Bonchev–Trinajstić information content (AvgIpc) is 3.23. The third-order valence-corrected chi connectivity index (χ3v) is 4.64. The molecule has 11 heteroatoms. The number of para-hydroxylation sites is 1. The van der Waals surface area contributed by atoms with Gasteiger partial charge in [0.2, 0.25) is 5.95 Å². The smallest absolute Gasteiger partial charge is 0.406 e. The molecule has 2 heterocycles. The fourth-order valence-corrected chi connectivity index (χ4v) is 3.21. The SMILES string of the molecule is O=C(c1ccc(OC(F)(F)F)cc1)N1CCN(c2nnnn2-c2ccccc2)CC1. The highest BCUT2D eigenvalue weighted by molar-refractivity contribution is 5.94. The number of ether oxygens (including phenoxy) is 1. The Hall–Kier alpha value is -3.63. The largest absolute Gasteiger partial charge is 0.573 e. The van der Waals surface area contributed by atoms with Crippen LogP contribution in [0.1, 0.15) is 10.4 Å². The van der Waals surface area contributed by atoms with Crippen molar-refractivity contribution in [2.24, 2.45) is 0 Å². The molecule has 0 aliphatic carbocycles. The van der Waals surface area contributed by atoms with Gasteiger partial charge in [-0.2, -0.15) is 4.68 Å². The molecule has 0 spiro atoms. The lowest BCUT2D eigenvalue weighted by Gasteiger charge is -2.34. The molecule has 0 saturated carbocycles. The quantitative estimate of drug-likeness (QED) is 0.648. The zero-order valence-corrected chi connectivity index (χ0v) is 15.7. The lowest BCUT2D eigenvalue weighted by molar-refractivity contribution is -0.274. The molecule has 1 amide bonds. The Morgan fingerprint density at radius 1 is 0.933 bits per heavy atom. The van der Waals surface area contributed by atoms with Crippen molar-refractivity contribution >= 4 is 11.9 Å². The standard InChI is InChI=1S/C19H17F3N6O2/c20-19(21,22)30-16-8-6-14(7-9-16)17(29)26-10-12-27(13-11-26)18-23-24-25-28(18)15-4-2-1-3-5-15/h1-9H,10-13H2. The van der Waals surface area contributed by atoms with Gasteiger partial charge in [-0.25, -0.2) is 0 Å². The van der Waals surface area contributed by atoms with Crippen LogP contribution >= 0.6 is 0 Å². The average molecular weight is 418 g/mol. The maximum absolute atomic E-state index is 12.7. The van der Waals surface area contributed by atoms with Gasteiger partial charge in [0.05, 0.1) is 5.69 Å². The van der Waals surface area contributed by atoms with E-state index in [1.165, 1.54) is 12.1 Å². The topological polar surface area (TPSA) is 76.4 Å². The molecule has 3 aromatic rings. The van der Waals surface area contributed by atoms with Gasteiger partial charge >= 0.3 is 6.36 Å². The van der Waals surface area contributed by atoms with E-state index in [2.05, 4.69) is 20.3 Å². The molecule has 8 nitrogen and oxygen atoms in total. The molecular weight excluding hydrogens is 401 g/mol. The molecule has 2 aromatic carbocycles. The van der Waals surface area contributed by atoms with E-state index in [1.807, 2.05) is 35.2 Å². The van der Waals surface area contributed by atoms with E-state index in [-0.39, 0.29) is 11.7 Å². The number of amides is 1. The first-order valence-corrected chi connectivity index (χ1v) is 9.14. The number of aromatic nitrogens is 4. The summed E-state index contributed by atoms with van der Waals surface area (Å²) in [6.45, 7) is 1.91. The van der Waals surface area contributed by atoms with E-state index in [1.54, 1.807) is 9.58 Å². The lowest BCUT2D eigenvalue weighted by atomic mass is 10.1. The summed E-state index contributed by atoms with van der Waals surface area (Å²) in [6.07, 6.45) is -4.77.